The number of hydrogen-bond donors (Lipinski definition) is 2. The fourth-order valence-corrected chi connectivity index (χ4v) is 8.55. The number of allylic oxidation sites excluding steroid dienone is 11. The maximum atomic E-state index is 13.4. The van der Waals surface area contributed by atoms with E-state index in [1.807, 2.05) is 39.4 Å². The van der Waals surface area contributed by atoms with E-state index in [0.717, 1.165) is 70.6 Å². The number of ether oxygens (including phenoxy) is 1. The number of quaternary nitrogens is 1. The van der Waals surface area contributed by atoms with Gasteiger partial charge in [-0.15, -0.1) is 0 Å². The number of amides is 1. The molecule has 0 aliphatic heterocycles. The molecule has 0 aromatic rings. The van der Waals surface area contributed by atoms with Crippen molar-refractivity contribution in [3.8, 4) is 0 Å². The number of carbonyl (C=O) groups excluding carboxylic acids is 2. The highest BCUT2D eigenvalue weighted by Gasteiger charge is 2.30. The lowest BCUT2D eigenvalue weighted by Crippen LogP contribution is -2.47. The molecule has 3 unspecified atom stereocenters. The minimum atomic E-state index is -4.46. The van der Waals surface area contributed by atoms with E-state index < -0.39 is 20.0 Å². The largest absolute Gasteiger partial charge is 0.472 e. The molecule has 0 saturated heterocycles. The molecule has 2 N–H and O–H groups in total. The van der Waals surface area contributed by atoms with Crippen LogP contribution in [0.25, 0.3) is 0 Å². The van der Waals surface area contributed by atoms with Crippen LogP contribution in [0.15, 0.2) is 72.9 Å². The molecule has 0 aromatic carbocycles. The highest BCUT2D eigenvalue weighted by molar-refractivity contribution is 7.47. The number of nitrogens with zero attached hydrogens (tertiary/aromatic N) is 1. The van der Waals surface area contributed by atoms with Gasteiger partial charge in [-0.2, -0.15) is 0 Å². The molecule has 0 aromatic heterocycles. The molecule has 400 valence electrons. The Morgan fingerprint density at radius 1 is 0.522 bits per heavy atom. The molecule has 0 aliphatic carbocycles. The van der Waals surface area contributed by atoms with Gasteiger partial charge in [0, 0.05) is 12.8 Å². The first-order valence-electron chi connectivity index (χ1n) is 28.3. The fraction of sp³-hybridized carbons (Fsp3) is 0.763. The lowest BCUT2D eigenvalue weighted by atomic mass is 10.0. The summed E-state index contributed by atoms with van der Waals surface area (Å²) >= 11 is 0. The minimum absolute atomic E-state index is 0.0258. The van der Waals surface area contributed by atoms with Crippen LogP contribution in [-0.2, 0) is 27.9 Å². The molecule has 0 fully saturated rings. The monoisotopic (exact) mass is 988 g/mol. The molecule has 3 atom stereocenters. The van der Waals surface area contributed by atoms with Crippen molar-refractivity contribution in [1.29, 1.82) is 0 Å². The molecule has 10 heteroatoms. The van der Waals surface area contributed by atoms with Crippen molar-refractivity contribution in [3.63, 3.8) is 0 Å². The maximum absolute atomic E-state index is 13.4. The molecule has 0 rings (SSSR count). The van der Waals surface area contributed by atoms with Gasteiger partial charge in [-0.25, -0.2) is 4.57 Å². The van der Waals surface area contributed by atoms with Crippen molar-refractivity contribution in [2.24, 2.45) is 0 Å². The average Bonchev–Trinajstić information content (AvgIpc) is 3.31. The fourth-order valence-electron chi connectivity index (χ4n) is 7.81. The Morgan fingerprint density at radius 3 is 1.39 bits per heavy atom. The molecule has 0 saturated carbocycles. The number of nitrogens with one attached hydrogen (secondary N) is 1. The van der Waals surface area contributed by atoms with Crippen molar-refractivity contribution in [2.75, 3.05) is 40.9 Å². The number of esters is 1. The van der Waals surface area contributed by atoms with Crippen LogP contribution in [-0.4, -0.2) is 74.3 Å². The minimum Gasteiger partial charge on any atom is -0.456 e. The Bertz CT molecular complexity index is 1420. The first-order valence-corrected chi connectivity index (χ1v) is 29.8. The van der Waals surface area contributed by atoms with Gasteiger partial charge in [0.25, 0.3) is 0 Å². The Labute approximate surface area is 425 Å². The number of carbonyl (C=O) groups is 2. The summed E-state index contributed by atoms with van der Waals surface area (Å²) in [5.74, 6) is -0.599. The molecular weight excluding hydrogens is 880 g/mol. The molecule has 0 bridgehead atoms. The summed E-state index contributed by atoms with van der Waals surface area (Å²) in [6.07, 6.45) is 62.0. The number of rotatable bonds is 50. The van der Waals surface area contributed by atoms with Crippen molar-refractivity contribution >= 4 is 19.7 Å². The van der Waals surface area contributed by atoms with Crippen molar-refractivity contribution < 1.29 is 37.3 Å². The highest BCUT2D eigenvalue weighted by Crippen LogP contribution is 2.43. The Kier molecular flexibility index (Phi) is 47.2. The smallest absolute Gasteiger partial charge is 0.456 e. The SMILES string of the molecule is CC/C=C/C/C=C/C/C=C/C/C=C/C/C=C/CCC(=O)NC(COP(=O)(O)OCC[N+](C)(C)C)C(/C=C/CCCCCCCCCCCCC)OC(=O)CCCCCCCCCCCCCCCC. The van der Waals surface area contributed by atoms with Gasteiger partial charge in [-0.05, 0) is 63.9 Å². The van der Waals surface area contributed by atoms with Crippen molar-refractivity contribution in [3.05, 3.63) is 72.9 Å². The van der Waals surface area contributed by atoms with Gasteiger partial charge in [0.15, 0.2) is 0 Å². The summed E-state index contributed by atoms with van der Waals surface area (Å²) in [6.45, 7) is 6.84. The topological polar surface area (TPSA) is 111 Å². The summed E-state index contributed by atoms with van der Waals surface area (Å²) in [6, 6.07) is -0.887. The highest BCUT2D eigenvalue weighted by atomic mass is 31.2. The van der Waals surface area contributed by atoms with E-state index in [9.17, 15) is 19.0 Å². The van der Waals surface area contributed by atoms with Gasteiger partial charge in [0.05, 0.1) is 33.8 Å². The first-order chi connectivity index (χ1) is 33.4. The zero-order chi connectivity index (χ0) is 50.8. The summed E-state index contributed by atoms with van der Waals surface area (Å²) in [5.41, 5.74) is 0. The van der Waals surface area contributed by atoms with E-state index in [1.165, 1.54) is 128 Å². The summed E-state index contributed by atoms with van der Waals surface area (Å²) in [7, 11) is 1.45. The molecule has 1 amide bonds. The van der Waals surface area contributed by atoms with Crippen LogP contribution < -0.4 is 5.32 Å². The normalized spacial score (nSPS) is 14.4. The average molecular weight is 988 g/mol. The zero-order valence-corrected chi connectivity index (χ0v) is 46.4. The molecular formula is C59H108N2O7P+. The Balaban J connectivity index is 5.50. The van der Waals surface area contributed by atoms with E-state index in [2.05, 4.69) is 80.8 Å². The predicted molar refractivity (Wildman–Crippen MR) is 295 cm³/mol. The van der Waals surface area contributed by atoms with Gasteiger partial charge in [0.1, 0.15) is 19.3 Å². The van der Waals surface area contributed by atoms with Crippen molar-refractivity contribution in [2.45, 2.75) is 251 Å². The summed E-state index contributed by atoms with van der Waals surface area (Å²) in [4.78, 5) is 37.5. The standard InChI is InChI=1S/C59H107N2O7P/c1-7-10-13-16-19-22-25-28-30-31-33-36-39-42-45-48-51-58(62)60-56(55-67-69(64,65)66-54-53-61(4,5)6)57(50-47-44-41-38-35-32-27-24-21-18-15-12-9-3)68-59(63)52-49-46-43-40-37-34-29-26-23-20-17-14-11-8-2/h10,13,19,22,28,30,33,36,42,45,47,50,56-57H,7-9,11-12,14-18,20-21,23-27,29,31-32,34-35,37-41,43-44,46,48-49,51-55H2,1-6H3,(H-,60,62,64,65)/p+1/b13-10+,22-19+,30-28+,36-33+,45-42+,50-47+. The number of likely N-dealkylation sites (N-methyl/N-ethyl adjacent to an activating group) is 1. The molecule has 0 spiro atoms. The predicted octanol–water partition coefficient (Wildman–Crippen LogP) is 16.9. The van der Waals surface area contributed by atoms with E-state index >= 15 is 0 Å². The zero-order valence-electron chi connectivity index (χ0n) is 45.5. The second-order valence-corrected chi connectivity index (χ2v) is 21.5. The van der Waals surface area contributed by atoms with E-state index in [4.69, 9.17) is 13.8 Å². The molecule has 0 aliphatic rings. The van der Waals surface area contributed by atoms with E-state index in [0.29, 0.717) is 17.4 Å². The van der Waals surface area contributed by atoms with Crippen LogP contribution in [0.2, 0.25) is 0 Å². The first kappa shape index (κ1) is 66.5. The maximum Gasteiger partial charge on any atom is 0.472 e. The van der Waals surface area contributed by atoms with Gasteiger partial charge < -0.3 is 19.4 Å². The van der Waals surface area contributed by atoms with Crippen molar-refractivity contribution in [1.82, 2.24) is 5.32 Å². The van der Waals surface area contributed by atoms with Crippen LogP contribution in [0.1, 0.15) is 239 Å². The van der Waals surface area contributed by atoms with Gasteiger partial charge in [0.2, 0.25) is 5.91 Å². The lowest BCUT2D eigenvalue weighted by Gasteiger charge is -2.27. The van der Waals surface area contributed by atoms with E-state index in [-0.39, 0.29) is 37.9 Å². The number of phosphoric ester groups is 1. The number of unbranched alkanes of at least 4 members (excludes halogenated alkanes) is 24. The Hall–Kier alpha value is -2.55. The second-order valence-electron chi connectivity index (χ2n) is 20.1. The molecule has 0 radical (unpaired) electrons. The summed E-state index contributed by atoms with van der Waals surface area (Å²) < 4.78 is 30.5. The molecule has 9 nitrogen and oxygen atoms in total. The van der Waals surface area contributed by atoms with Gasteiger partial charge in [-0.1, -0.05) is 235 Å². The van der Waals surface area contributed by atoms with Gasteiger partial charge >= 0.3 is 13.8 Å². The Morgan fingerprint density at radius 2 is 0.942 bits per heavy atom. The van der Waals surface area contributed by atoms with Crippen LogP contribution in [0.3, 0.4) is 0 Å². The third-order valence-electron chi connectivity index (χ3n) is 12.2. The van der Waals surface area contributed by atoms with E-state index in [1.54, 1.807) is 0 Å². The quantitative estimate of drug-likeness (QED) is 0.0205. The van der Waals surface area contributed by atoms with Crippen LogP contribution in [0.5, 0.6) is 0 Å². The summed E-state index contributed by atoms with van der Waals surface area (Å²) in [5, 5.41) is 3.00. The van der Waals surface area contributed by atoms with Crippen LogP contribution in [0.4, 0.5) is 0 Å². The molecule has 0 heterocycles. The third-order valence-corrected chi connectivity index (χ3v) is 13.2. The van der Waals surface area contributed by atoms with Gasteiger partial charge in [-0.3, -0.25) is 18.6 Å². The molecule has 69 heavy (non-hydrogen) atoms. The van der Waals surface area contributed by atoms with Crippen LogP contribution >= 0.6 is 7.82 Å². The second kappa shape index (κ2) is 49.0. The van der Waals surface area contributed by atoms with Crippen LogP contribution in [0, 0.1) is 0 Å². The number of hydrogen-bond acceptors (Lipinski definition) is 6. The lowest BCUT2D eigenvalue weighted by molar-refractivity contribution is -0.870. The number of phosphoric acid groups is 1. The third kappa shape index (κ3) is 50.2.